The fraction of sp³-hybridized carbons (Fsp3) is 0.625. The molecule has 1 aliphatic carbocycles. The van der Waals surface area contributed by atoms with Gasteiger partial charge in [0.1, 0.15) is 0 Å². The van der Waals surface area contributed by atoms with Crippen LogP contribution in [-0.4, -0.2) is 19.8 Å². The summed E-state index contributed by atoms with van der Waals surface area (Å²) >= 11 is 0. The number of hydrogen-bond acceptors (Lipinski definition) is 2. The molecule has 100 valence electrons. The average molecular weight is 247 g/mol. The predicted molar refractivity (Wildman–Crippen MR) is 75.9 cm³/mol. The van der Waals surface area contributed by atoms with Crippen LogP contribution in [0.2, 0.25) is 0 Å². The van der Waals surface area contributed by atoms with Gasteiger partial charge >= 0.3 is 0 Å². The van der Waals surface area contributed by atoms with Crippen molar-refractivity contribution in [3.63, 3.8) is 0 Å². The van der Waals surface area contributed by atoms with E-state index >= 15 is 0 Å². The monoisotopic (exact) mass is 247 g/mol. The Balaban J connectivity index is 2.24. The number of methoxy groups -OCH3 is 1. The topological polar surface area (TPSA) is 21.3 Å². The van der Waals surface area contributed by atoms with Crippen LogP contribution in [0.25, 0.3) is 0 Å². The SMILES string of the molecule is CCNC(c1ccc(C)c(C)c1)C(OC)C1CC1. The molecular formula is C16H25NO. The second kappa shape index (κ2) is 5.85. The molecule has 2 unspecified atom stereocenters. The number of rotatable bonds is 6. The highest BCUT2D eigenvalue weighted by Gasteiger charge is 2.37. The van der Waals surface area contributed by atoms with Crippen LogP contribution in [0.15, 0.2) is 18.2 Å². The highest BCUT2D eigenvalue weighted by molar-refractivity contribution is 5.32. The number of ether oxygens (including phenoxy) is 1. The first-order chi connectivity index (χ1) is 8.67. The van der Waals surface area contributed by atoms with Crippen LogP contribution in [0.1, 0.15) is 42.5 Å². The summed E-state index contributed by atoms with van der Waals surface area (Å²) in [5, 5.41) is 3.59. The molecule has 1 aliphatic rings. The molecule has 0 radical (unpaired) electrons. The van der Waals surface area contributed by atoms with Crippen LogP contribution >= 0.6 is 0 Å². The van der Waals surface area contributed by atoms with Gasteiger partial charge in [0.05, 0.1) is 12.1 Å². The van der Waals surface area contributed by atoms with E-state index < -0.39 is 0 Å². The zero-order chi connectivity index (χ0) is 13.1. The minimum atomic E-state index is 0.312. The molecule has 0 heterocycles. The lowest BCUT2D eigenvalue weighted by atomic mass is 9.95. The van der Waals surface area contributed by atoms with Crippen LogP contribution in [0, 0.1) is 19.8 Å². The molecule has 1 aromatic carbocycles. The van der Waals surface area contributed by atoms with Crippen LogP contribution in [-0.2, 0) is 4.74 Å². The molecule has 1 aromatic rings. The van der Waals surface area contributed by atoms with Crippen molar-refractivity contribution < 1.29 is 4.74 Å². The van der Waals surface area contributed by atoms with Crippen molar-refractivity contribution >= 4 is 0 Å². The summed E-state index contributed by atoms with van der Waals surface area (Å²) in [6.45, 7) is 7.48. The quantitative estimate of drug-likeness (QED) is 0.832. The lowest BCUT2D eigenvalue weighted by Crippen LogP contribution is -2.34. The van der Waals surface area contributed by atoms with Gasteiger partial charge in [0.15, 0.2) is 0 Å². The maximum absolute atomic E-state index is 5.75. The molecule has 2 atom stereocenters. The van der Waals surface area contributed by atoms with E-state index in [-0.39, 0.29) is 0 Å². The Bertz CT molecular complexity index is 398. The van der Waals surface area contributed by atoms with Crippen molar-refractivity contribution in [3.8, 4) is 0 Å². The summed E-state index contributed by atoms with van der Waals surface area (Å²) in [5.41, 5.74) is 4.08. The van der Waals surface area contributed by atoms with E-state index in [0.29, 0.717) is 12.1 Å². The summed E-state index contributed by atoms with van der Waals surface area (Å²) < 4.78 is 5.75. The van der Waals surface area contributed by atoms with Gasteiger partial charge in [0.2, 0.25) is 0 Å². The van der Waals surface area contributed by atoms with Crippen molar-refractivity contribution in [2.45, 2.75) is 45.8 Å². The molecule has 18 heavy (non-hydrogen) atoms. The van der Waals surface area contributed by atoms with Gasteiger partial charge < -0.3 is 10.1 Å². The van der Waals surface area contributed by atoms with Crippen LogP contribution in [0.5, 0.6) is 0 Å². The third-order valence-corrected chi connectivity index (χ3v) is 4.00. The molecular weight excluding hydrogens is 222 g/mol. The van der Waals surface area contributed by atoms with Crippen molar-refractivity contribution in [1.29, 1.82) is 0 Å². The smallest absolute Gasteiger partial charge is 0.0794 e. The van der Waals surface area contributed by atoms with Gasteiger partial charge in [-0.05, 0) is 55.8 Å². The third kappa shape index (κ3) is 2.93. The molecule has 0 aromatic heterocycles. The summed E-state index contributed by atoms with van der Waals surface area (Å²) in [5.74, 6) is 0.737. The van der Waals surface area contributed by atoms with E-state index in [0.717, 1.165) is 12.5 Å². The van der Waals surface area contributed by atoms with Crippen molar-refractivity contribution in [2.24, 2.45) is 5.92 Å². The minimum absolute atomic E-state index is 0.312. The summed E-state index contributed by atoms with van der Waals surface area (Å²) in [4.78, 5) is 0. The van der Waals surface area contributed by atoms with Gasteiger partial charge in [-0.3, -0.25) is 0 Å². The number of benzene rings is 1. The van der Waals surface area contributed by atoms with Gasteiger partial charge in [0.25, 0.3) is 0 Å². The van der Waals surface area contributed by atoms with Crippen LogP contribution in [0.3, 0.4) is 0 Å². The molecule has 2 nitrogen and oxygen atoms in total. The van der Waals surface area contributed by atoms with Crippen molar-refractivity contribution in [3.05, 3.63) is 34.9 Å². The number of nitrogens with one attached hydrogen (secondary N) is 1. The minimum Gasteiger partial charge on any atom is -0.379 e. The fourth-order valence-electron chi connectivity index (χ4n) is 2.63. The molecule has 0 spiro atoms. The Morgan fingerprint density at radius 1 is 1.28 bits per heavy atom. The lowest BCUT2D eigenvalue weighted by molar-refractivity contribution is 0.0511. The van der Waals surface area contributed by atoms with Crippen molar-refractivity contribution in [2.75, 3.05) is 13.7 Å². The largest absolute Gasteiger partial charge is 0.379 e. The first-order valence-corrected chi connectivity index (χ1v) is 7.00. The number of aryl methyl sites for hydroxylation is 2. The third-order valence-electron chi connectivity index (χ3n) is 4.00. The predicted octanol–water partition coefficient (Wildman–Crippen LogP) is 3.38. The number of hydrogen-bond donors (Lipinski definition) is 1. The summed E-state index contributed by atoms with van der Waals surface area (Å²) in [6.07, 6.45) is 2.93. The fourth-order valence-corrected chi connectivity index (χ4v) is 2.63. The molecule has 0 amide bonds. The van der Waals surface area contributed by atoms with E-state index in [1.165, 1.54) is 29.5 Å². The van der Waals surface area contributed by atoms with Crippen LogP contribution in [0.4, 0.5) is 0 Å². The molecule has 1 saturated carbocycles. The number of likely N-dealkylation sites (N-methyl/N-ethyl adjacent to an activating group) is 1. The molecule has 1 N–H and O–H groups in total. The standard InChI is InChI=1S/C16H25NO/c1-5-17-15(16(18-4)13-8-9-13)14-7-6-11(2)12(3)10-14/h6-7,10,13,15-17H,5,8-9H2,1-4H3. The Morgan fingerprint density at radius 3 is 2.50 bits per heavy atom. The first-order valence-electron chi connectivity index (χ1n) is 7.00. The second-order valence-electron chi connectivity index (χ2n) is 5.42. The highest BCUT2D eigenvalue weighted by atomic mass is 16.5. The molecule has 2 heteroatoms. The van der Waals surface area contributed by atoms with E-state index in [1.54, 1.807) is 0 Å². The molecule has 0 aliphatic heterocycles. The molecule has 2 rings (SSSR count). The summed E-state index contributed by atoms with van der Waals surface area (Å²) in [7, 11) is 1.84. The summed E-state index contributed by atoms with van der Waals surface area (Å²) in [6, 6.07) is 7.09. The second-order valence-corrected chi connectivity index (χ2v) is 5.42. The molecule has 0 saturated heterocycles. The Hall–Kier alpha value is -0.860. The maximum atomic E-state index is 5.75. The Morgan fingerprint density at radius 2 is 2.00 bits per heavy atom. The zero-order valence-electron chi connectivity index (χ0n) is 12.0. The average Bonchev–Trinajstić information content (AvgIpc) is 3.17. The van der Waals surface area contributed by atoms with Gasteiger partial charge in [0, 0.05) is 7.11 Å². The van der Waals surface area contributed by atoms with Gasteiger partial charge in [-0.15, -0.1) is 0 Å². The lowest BCUT2D eigenvalue weighted by Gasteiger charge is -2.27. The Labute approximate surface area is 111 Å². The van der Waals surface area contributed by atoms with E-state index in [9.17, 15) is 0 Å². The Kier molecular flexibility index (Phi) is 4.41. The van der Waals surface area contributed by atoms with Gasteiger partial charge in [-0.2, -0.15) is 0 Å². The van der Waals surface area contributed by atoms with Crippen molar-refractivity contribution in [1.82, 2.24) is 5.32 Å². The normalized spacial score (nSPS) is 18.7. The maximum Gasteiger partial charge on any atom is 0.0794 e. The molecule has 0 bridgehead atoms. The van der Waals surface area contributed by atoms with E-state index in [4.69, 9.17) is 4.74 Å². The van der Waals surface area contributed by atoms with E-state index in [2.05, 4.69) is 44.3 Å². The van der Waals surface area contributed by atoms with Gasteiger partial charge in [-0.25, -0.2) is 0 Å². The zero-order valence-corrected chi connectivity index (χ0v) is 12.0. The first kappa shape index (κ1) is 13.6. The molecule has 1 fully saturated rings. The van der Waals surface area contributed by atoms with E-state index in [1.807, 2.05) is 7.11 Å². The van der Waals surface area contributed by atoms with Crippen LogP contribution < -0.4 is 5.32 Å². The highest BCUT2D eigenvalue weighted by Crippen LogP contribution is 2.40. The van der Waals surface area contributed by atoms with Gasteiger partial charge in [-0.1, -0.05) is 25.1 Å².